The van der Waals surface area contributed by atoms with Gasteiger partial charge >= 0.3 is 0 Å². The third-order valence-corrected chi connectivity index (χ3v) is 3.16. The van der Waals surface area contributed by atoms with Crippen LogP contribution in [0.25, 0.3) is 0 Å². The Morgan fingerprint density at radius 2 is 1.50 bits per heavy atom. The zero-order valence-corrected chi connectivity index (χ0v) is 10.9. The van der Waals surface area contributed by atoms with E-state index in [4.69, 9.17) is 18.9 Å². The summed E-state index contributed by atoms with van der Waals surface area (Å²) in [5.74, 6) is -0.140. The number of hydrogen-bond donors (Lipinski definition) is 0. The van der Waals surface area contributed by atoms with Gasteiger partial charge in [0.05, 0.1) is 0 Å². The summed E-state index contributed by atoms with van der Waals surface area (Å²) in [6, 6.07) is 0. The lowest BCUT2D eigenvalue weighted by Crippen LogP contribution is -2.38. The molecule has 0 N–H and O–H groups in total. The summed E-state index contributed by atoms with van der Waals surface area (Å²) in [7, 11) is 0. The normalized spacial score (nSPS) is 30.9. The lowest BCUT2D eigenvalue weighted by Gasteiger charge is -2.30. The standard InChI is InChI=1S/C13H22O5/c1-10(14)13(17-11-6-2-4-8-15-11)18-12-7-3-5-9-16-12/h11-13H,2-9H2,1H3. The van der Waals surface area contributed by atoms with Gasteiger partial charge in [-0.15, -0.1) is 0 Å². The summed E-state index contributed by atoms with van der Waals surface area (Å²) < 4.78 is 22.1. The molecule has 2 saturated heterocycles. The summed E-state index contributed by atoms with van der Waals surface area (Å²) in [6.07, 6.45) is 4.36. The second-order valence-electron chi connectivity index (χ2n) is 4.81. The molecule has 104 valence electrons. The molecule has 0 bridgehead atoms. The molecule has 2 heterocycles. The van der Waals surface area contributed by atoms with Gasteiger partial charge in [0.15, 0.2) is 18.4 Å². The van der Waals surface area contributed by atoms with Crippen molar-refractivity contribution in [1.29, 1.82) is 0 Å². The number of Topliss-reactive ketones (excluding diaryl/α,β-unsaturated/α-hetero) is 1. The second kappa shape index (κ2) is 7.19. The molecule has 0 aromatic carbocycles. The van der Waals surface area contributed by atoms with Gasteiger partial charge in [-0.1, -0.05) is 0 Å². The largest absolute Gasteiger partial charge is 0.353 e. The molecule has 2 aliphatic heterocycles. The first-order valence-corrected chi connectivity index (χ1v) is 6.80. The monoisotopic (exact) mass is 258 g/mol. The first-order valence-electron chi connectivity index (χ1n) is 6.80. The highest BCUT2D eigenvalue weighted by molar-refractivity contribution is 5.79. The van der Waals surface area contributed by atoms with E-state index in [9.17, 15) is 4.79 Å². The molecule has 2 unspecified atom stereocenters. The third kappa shape index (κ3) is 4.31. The minimum Gasteiger partial charge on any atom is -0.353 e. The molecule has 0 aliphatic carbocycles. The molecular formula is C13H22O5. The van der Waals surface area contributed by atoms with Crippen LogP contribution in [0.2, 0.25) is 0 Å². The average molecular weight is 258 g/mol. The molecular weight excluding hydrogens is 236 g/mol. The van der Waals surface area contributed by atoms with Crippen molar-refractivity contribution >= 4 is 5.78 Å². The van der Waals surface area contributed by atoms with Crippen molar-refractivity contribution in [3.63, 3.8) is 0 Å². The summed E-state index contributed by atoms with van der Waals surface area (Å²) in [6.45, 7) is 2.85. The fourth-order valence-corrected chi connectivity index (χ4v) is 2.14. The van der Waals surface area contributed by atoms with Gasteiger partial charge < -0.3 is 18.9 Å². The van der Waals surface area contributed by atoms with Crippen LogP contribution in [0.5, 0.6) is 0 Å². The van der Waals surface area contributed by atoms with Crippen molar-refractivity contribution in [3.8, 4) is 0 Å². The van der Waals surface area contributed by atoms with E-state index in [0.29, 0.717) is 13.2 Å². The van der Waals surface area contributed by atoms with E-state index in [1.165, 1.54) is 6.92 Å². The molecule has 5 nitrogen and oxygen atoms in total. The fourth-order valence-electron chi connectivity index (χ4n) is 2.14. The van der Waals surface area contributed by atoms with Gasteiger partial charge in [-0.25, -0.2) is 0 Å². The lowest BCUT2D eigenvalue weighted by atomic mass is 10.2. The highest BCUT2D eigenvalue weighted by Crippen LogP contribution is 2.20. The predicted octanol–water partition coefficient (Wildman–Crippen LogP) is 1.99. The van der Waals surface area contributed by atoms with E-state index >= 15 is 0 Å². The molecule has 0 aromatic heterocycles. The van der Waals surface area contributed by atoms with E-state index in [1.807, 2.05) is 0 Å². The highest BCUT2D eigenvalue weighted by atomic mass is 16.8. The van der Waals surface area contributed by atoms with Gasteiger partial charge in [-0.3, -0.25) is 4.79 Å². The highest BCUT2D eigenvalue weighted by Gasteiger charge is 2.27. The third-order valence-electron chi connectivity index (χ3n) is 3.16. The summed E-state index contributed by atoms with van der Waals surface area (Å²) in [4.78, 5) is 11.5. The molecule has 0 amide bonds. The summed E-state index contributed by atoms with van der Waals surface area (Å²) in [5.41, 5.74) is 0. The Morgan fingerprint density at radius 1 is 1.00 bits per heavy atom. The van der Waals surface area contributed by atoms with Crippen LogP contribution in [0.4, 0.5) is 0 Å². The van der Waals surface area contributed by atoms with E-state index in [2.05, 4.69) is 0 Å². The zero-order chi connectivity index (χ0) is 12.8. The number of carbonyl (C=O) groups excluding carboxylic acids is 1. The second-order valence-corrected chi connectivity index (χ2v) is 4.81. The predicted molar refractivity (Wildman–Crippen MR) is 63.8 cm³/mol. The molecule has 2 aliphatic rings. The molecule has 0 spiro atoms. The van der Waals surface area contributed by atoms with Crippen LogP contribution >= 0.6 is 0 Å². The molecule has 5 heteroatoms. The van der Waals surface area contributed by atoms with Crippen LogP contribution < -0.4 is 0 Å². The summed E-state index contributed by atoms with van der Waals surface area (Å²) in [5, 5.41) is 0. The van der Waals surface area contributed by atoms with Gasteiger partial charge in [0.2, 0.25) is 6.29 Å². The topological polar surface area (TPSA) is 54.0 Å². The smallest absolute Gasteiger partial charge is 0.222 e. The van der Waals surface area contributed by atoms with Crippen molar-refractivity contribution in [1.82, 2.24) is 0 Å². The van der Waals surface area contributed by atoms with Crippen LogP contribution in [0, 0.1) is 0 Å². The maximum absolute atomic E-state index is 11.5. The molecule has 2 fully saturated rings. The minimum atomic E-state index is -0.865. The maximum atomic E-state index is 11.5. The van der Waals surface area contributed by atoms with Crippen molar-refractivity contribution < 1.29 is 23.7 Å². The van der Waals surface area contributed by atoms with Crippen molar-refractivity contribution in [2.24, 2.45) is 0 Å². The van der Waals surface area contributed by atoms with Crippen LogP contribution in [0.1, 0.15) is 45.4 Å². The molecule has 2 atom stereocenters. The Balaban J connectivity index is 1.80. The van der Waals surface area contributed by atoms with E-state index in [1.54, 1.807) is 0 Å². The molecule has 0 radical (unpaired) electrons. The van der Waals surface area contributed by atoms with Crippen LogP contribution in [-0.2, 0) is 23.7 Å². The Morgan fingerprint density at radius 3 is 1.83 bits per heavy atom. The van der Waals surface area contributed by atoms with Crippen molar-refractivity contribution in [2.45, 2.75) is 64.3 Å². The van der Waals surface area contributed by atoms with Gasteiger partial charge in [0.1, 0.15) is 0 Å². The van der Waals surface area contributed by atoms with Gasteiger partial charge in [0, 0.05) is 13.2 Å². The van der Waals surface area contributed by atoms with Crippen LogP contribution in [-0.4, -0.2) is 37.9 Å². The maximum Gasteiger partial charge on any atom is 0.222 e. The van der Waals surface area contributed by atoms with Crippen molar-refractivity contribution in [3.05, 3.63) is 0 Å². The molecule has 0 aromatic rings. The minimum absolute atomic E-state index is 0.140. The molecule has 0 saturated carbocycles. The van der Waals surface area contributed by atoms with Gasteiger partial charge in [-0.2, -0.15) is 0 Å². The van der Waals surface area contributed by atoms with Crippen LogP contribution in [0.3, 0.4) is 0 Å². The Kier molecular flexibility index (Phi) is 5.56. The van der Waals surface area contributed by atoms with Gasteiger partial charge in [-0.05, 0) is 45.4 Å². The molecule has 18 heavy (non-hydrogen) atoms. The van der Waals surface area contributed by atoms with E-state index < -0.39 is 6.29 Å². The SMILES string of the molecule is CC(=O)C(OC1CCCCO1)OC1CCCCO1. The quantitative estimate of drug-likeness (QED) is 0.706. The summed E-state index contributed by atoms with van der Waals surface area (Å²) >= 11 is 0. The number of rotatable bonds is 5. The zero-order valence-electron chi connectivity index (χ0n) is 10.9. The lowest BCUT2D eigenvalue weighted by molar-refractivity contribution is -0.293. The first kappa shape index (κ1) is 13.9. The number of ether oxygens (including phenoxy) is 4. The number of ketones is 1. The van der Waals surface area contributed by atoms with E-state index in [0.717, 1.165) is 38.5 Å². The van der Waals surface area contributed by atoms with E-state index in [-0.39, 0.29) is 18.4 Å². The fraction of sp³-hybridized carbons (Fsp3) is 0.923. The number of carbonyl (C=O) groups is 1. The number of hydrogen-bond acceptors (Lipinski definition) is 5. The van der Waals surface area contributed by atoms with Gasteiger partial charge in [0.25, 0.3) is 0 Å². The first-order chi connectivity index (χ1) is 8.75. The van der Waals surface area contributed by atoms with Crippen molar-refractivity contribution in [2.75, 3.05) is 13.2 Å². The van der Waals surface area contributed by atoms with Crippen LogP contribution in [0.15, 0.2) is 0 Å². The Bertz CT molecular complexity index is 236. The molecule has 2 rings (SSSR count). The Hall–Kier alpha value is -0.490. The Labute approximate surface area is 108 Å². The average Bonchev–Trinajstić information content (AvgIpc) is 2.40.